The third-order valence-electron chi connectivity index (χ3n) is 1.28. The summed E-state index contributed by atoms with van der Waals surface area (Å²) in [4.78, 5) is 3.86. The Morgan fingerprint density at radius 3 is 2.86 bits per heavy atom. The average molecular weight is 213 g/mol. The second-order valence-corrected chi connectivity index (χ2v) is 2.49. The van der Waals surface area contributed by atoms with Crippen molar-refractivity contribution < 1.29 is 4.42 Å². The van der Waals surface area contributed by atoms with E-state index >= 15 is 0 Å². The number of nitrogens with one attached hydrogen (secondary N) is 1. The minimum absolute atomic E-state index is 0.169. The number of hydrogen-bond acceptors (Lipinski definition) is 7. The molecule has 7 nitrogen and oxygen atoms in total. The van der Waals surface area contributed by atoms with Crippen molar-refractivity contribution in [2.45, 2.75) is 5.88 Å². The third-order valence-corrected chi connectivity index (χ3v) is 1.51. The first-order valence-corrected chi connectivity index (χ1v) is 4.21. The first kappa shape index (κ1) is 8.82. The van der Waals surface area contributed by atoms with Gasteiger partial charge in [0.25, 0.3) is 5.95 Å². The molecule has 0 aromatic carbocycles. The van der Waals surface area contributed by atoms with Gasteiger partial charge in [-0.25, -0.2) is 4.98 Å². The fourth-order valence-electron chi connectivity index (χ4n) is 0.759. The second-order valence-electron chi connectivity index (χ2n) is 2.23. The summed E-state index contributed by atoms with van der Waals surface area (Å²) in [5.41, 5.74) is 0. The highest BCUT2D eigenvalue weighted by atomic mass is 35.5. The molecule has 1 N–H and O–H groups in total. The molecule has 0 aliphatic rings. The van der Waals surface area contributed by atoms with Crippen molar-refractivity contribution in [1.29, 1.82) is 0 Å². The van der Waals surface area contributed by atoms with Crippen molar-refractivity contribution in [1.82, 2.24) is 25.4 Å². The molecular formula is C6H5ClN6O. The SMILES string of the molecule is ClCc1nnc(Nc2nccnn2)o1. The highest BCUT2D eigenvalue weighted by Gasteiger charge is 2.05. The van der Waals surface area contributed by atoms with E-state index in [0.717, 1.165) is 0 Å². The summed E-state index contributed by atoms with van der Waals surface area (Å²) in [7, 11) is 0. The predicted molar refractivity (Wildman–Crippen MR) is 47.0 cm³/mol. The van der Waals surface area contributed by atoms with Crippen LogP contribution in [0.2, 0.25) is 0 Å². The van der Waals surface area contributed by atoms with E-state index in [9.17, 15) is 0 Å². The van der Waals surface area contributed by atoms with Gasteiger partial charge in [-0.2, -0.15) is 5.10 Å². The number of aromatic nitrogens is 5. The minimum atomic E-state index is 0.169. The number of hydrogen-bond donors (Lipinski definition) is 1. The molecule has 0 radical (unpaired) electrons. The molecule has 2 aromatic rings. The van der Waals surface area contributed by atoms with Gasteiger partial charge in [-0.1, -0.05) is 5.10 Å². The normalized spacial score (nSPS) is 10.1. The zero-order valence-electron chi connectivity index (χ0n) is 6.88. The number of anilines is 2. The van der Waals surface area contributed by atoms with Crippen molar-refractivity contribution in [2.24, 2.45) is 0 Å². The Morgan fingerprint density at radius 1 is 1.29 bits per heavy atom. The lowest BCUT2D eigenvalue weighted by Crippen LogP contribution is -1.97. The van der Waals surface area contributed by atoms with Crippen LogP contribution in [0.3, 0.4) is 0 Å². The van der Waals surface area contributed by atoms with Crippen molar-refractivity contribution >= 4 is 23.6 Å². The topological polar surface area (TPSA) is 89.6 Å². The largest absolute Gasteiger partial charge is 0.407 e. The molecular weight excluding hydrogens is 208 g/mol. The summed E-state index contributed by atoms with van der Waals surface area (Å²) < 4.78 is 5.06. The molecule has 2 rings (SSSR count). The molecule has 0 saturated carbocycles. The molecule has 2 aromatic heterocycles. The maximum atomic E-state index is 5.48. The van der Waals surface area contributed by atoms with E-state index in [1.165, 1.54) is 12.4 Å². The van der Waals surface area contributed by atoms with Crippen LogP contribution < -0.4 is 5.32 Å². The molecule has 0 unspecified atom stereocenters. The summed E-state index contributed by atoms with van der Waals surface area (Å²) in [6, 6.07) is 0.189. The average Bonchev–Trinajstić information content (AvgIpc) is 2.67. The number of alkyl halides is 1. The van der Waals surface area contributed by atoms with Gasteiger partial charge in [0.1, 0.15) is 5.88 Å². The summed E-state index contributed by atoms with van der Waals surface area (Å²) in [5.74, 6) is 0.790. The Hall–Kier alpha value is -1.76. The third kappa shape index (κ3) is 1.94. The lowest BCUT2D eigenvalue weighted by molar-refractivity contribution is 0.529. The van der Waals surface area contributed by atoms with Crippen LogP contribution in [0.5, 0.6) is 0 Å². The highest BCUT2D eigenvalue weighted by Crippen LogP contribution is 2.10. The van der Waals surface area contributed by atoms with Gasteiger partial charge in [-0.3, -0.25) is 5.32 Å². The van der Waals surface area contributed by atoms with Crippen LogP contribution in [-0.4, -0.2) is 25.4 Å². The van der Waals surface area contributed by atoms with Gasteiger partial charge < -0.3 is 4.42 Å². The van der Waals surface area contributed by atoms with Gasteiger partial charge in [-0.05, 0) is 0 Å². The summed E-state index contributed by atoms with van der Waals surface area (Å²) >= 11 is 5.48. The van der Waals surface area contributed by atoms with Crippen LogP contribution in [0.15, 0.2) is 16.8 Å². The molecule has 0 atom stereocenters. The molecule has 0 saturated heterocycles. The van der Waals surface area contributed by atoms with Gasteiger partial charge >= 0.3 is 6.01 Å². The van der Waals surface area contributed by atoms with Crippen molar-refractivity contribution in [2.75, 3.05) is 5.32 Å². The van der Waals surface area contributed by atoms with Crippen molar-refractivity contribution in [3.05, 3.63) is 18.3 Å². The maximum Gasteiger partial charge on any atom is 0.322 e. The quantitative estimate of drug-likeness (QED) is 0.751. The molecule has 0 spiro atoms. The summed E-state index contributed by atoms with van der Waals surface area (Å²) in [6.45, 7) is 0. The Balaban J connectivity index is 2.11. The van der Waals surface area contributed by atoms with E-state index < -0.39 is 0 Å². The smallest absolute Gasteiger partial charge is 0.322 e. The van der Waals surface area contributed by atoms with E-state index in [1.54, 1.807) is 0 Å². The van der Waals surface area contributed by atoms with Crippen molar-refractivity contribution in [3.63, 3.8) is 0 Å². The first-order valence-electron chi connectivity index (χ1n) is 3.67. The molecule has 2 heterocycles. The predicted octanol–water partition coefficient (Wildman–Crippen LogP) is 0.737. The van der Waals surface area contributed by atoms with Gasteiger partial charge in [0.15, 0.2) is 0 Å². The monoisotopic (exact) mass is 212 g/mol. The Bertz CT molecular complexity index is 404. The second kappa shape index (κ2) is 3.97. The molecule has 0 fully saturated rings. The van der Waals surface area contributed by atoms with Gasteiger partial charge in [0.05, 0.1) is 12.4 Å². The zero-order chi connectivity index (χ0) is 9.80. The number of halogens is 1. The molecule has 0 aliphatic heterocycles. The molecule has 0 amide bonds. The highest BCUT2D eigenvalue weighted by molar-refractivity contribution is 6.16. The van der Waals surface area contributed by atoms with Crippen molar-refractivity contribution in [3.8, 4) is 0 Å². The maximum absolute atomic E-state index is 5.48. The Kier molecular flexibility index (Phi) is 2.50. The number of nitrogens with zero attached hydrogens (tertiary/aromatic N) is 5. The van der Waals surface area contributed by atoms with Gasteiger partial charge in [0.2, 0.25) is 5.89 Å². The Labute approximate surface area is 83.5 Å². The fourth-order valence-corrected chi connectivity index (χ4v) is 0.867. The van der Waals surface area contributed by atoms with Crippen LogP contribution in [0.25, 0.3) is 0 Å². The lowest BCUT2D eigenvalue weighted by Gasteiger charge is -1.94. The van der Waals surface area contributed by atoms with E-state index in [-0.39, 0.29) is 17.8 Å². The van der Waals surface area contributed by atoms with Gasteiger partial charge in [0, 0.05) is 0 Å². The molecule has 0 bridgehead atoms. The zero-order valence-corrected chi connectivity index (χ0v) is 7.64. The molecule has 0 aliphatic carbocycles. The lowest BCUT2D eigenvalue weighted by atomic mass is 10.8. The fraction of sp³-hybridized carbons (Fsp3) is 0.167. The van der Waals surface area contributed by atoms with Crippen LogP contribution in [0, 0.1) is 0 Å². The van der Waals surface area contributed by atoms with Gasteiger partial charge in [-0.15, -0.1) is 21.8 Å². The van der Waals surface area contributed by atoms with E-state index in [2.05, 4.69) is 30.7 Å². The van der Waals surface area contributed by atoms with Crippen LogP contribution >= 0.6 is 11.6 Å². The first-order chi connectivity index (χ1) is 6.88. The van der Waals surface area contributed by atoms with E-state index in [0.29, 0.717) is 5.89 Å². The van der Waals surface area contributed by atoms with E-state index in [1.807, 2.05) is 0 Å². The van der Waals surface area contributed by atoms with Crippen LogP contribution in [0.4, 0.5) is 12.0 Å². The summed E-state index contributed by atoms with van der Waals surface area (Å²) in [6.07, 6.45) is 2.96. The van der Waals surface area contributed by atoms with Crippen LogP contribution in [-0.2, 0) is 5.88 Å². The molecule has 8 heteroatoms. The minimum Gasteiger partial charge on any atom is -0.407 e. The molecule has 72 valence electrons. The van der Waals surface area contributed by atoms with E-state index in [4.69, 9.17) is 16.0 Å². The number of rotatable bonds is 3. The van der Waals surface area contributed by atoms with Crippen LogP contribution in [0.1, 0.15) is 5.89 Å². The summed E-state index contributed by atoms with van der Waals surface area (Å²) in [5, 5.41) is 17.3. The Morgan fingerprint density at radius 2 is 2.21 bits per heavy atom. The molecule has 14 heavy (non-hydrogen) atoms. The standard InChI is InChI=1S/C6H5ClN6O/c7-3-4-11-13-6(14-4)10-5-8-1-2-9-12-5/h1-2H,3H2,(H,8,10,12,13).